The number of nitrogens with zero attached hydrogens (tertiary/aromatic N) is 2. The van der Waals surface area contributed by atoms with Crippen LogP contribution in [0.1, 0.15) is 39.4 Å². The van der Waals surface area contributed by atoms with Gasteiger partial charge in [-0.15, -0.1) is 0 Å². The smallest absolute Gasteiger partial charge is 0.108 e. The third-order valence-electron chi connectivity index (χ3n) is 2.82. The van der Waals surface area contributed by atoms with Gasteiger partial charge >= 0.3 is 0 Å². The molecule has 0 saturated carbocycles. The van der Waals surface area contributed by atoms with Gasteiger partial charge in [-0.3, -0.25) is 0 Å². The van der Waals surface area contributed by atoms with Crippen molar-refractivity contribution in [3.05, 3.63) is 18.2 Å². The third kappa shape index (κ3) is 3.67. The van der Waals surface area contributed by atoms with Gasteiger partial charge in [0, 0.05) is 31.4 Å². The molecule has 0 amide bonds. The number of imidazole rings is 1. The van der Waals surface area contributed by atoms with Crippen molar-refractivity contribution in [3.63, 3.8) is 0 Å². The first kappa shape index (κ1) is 12.2. The second-order valence-corrected chi connectivity index (χ2v) is 4.48. The second kappa shape index (κ2) is 5.91. The molecule has 1 rings (SSSR count). The van der Waals surface area contributed by atoms with E-state index in [1.807, 2.05) is 6.20 Å². The molecule has 2 N–H and O–H groups in total. The van der Waals surface area contributed by atoms with Crippen molar-refractivity contribution in [2.24, 2.45) is 11.7 Å². The maximum absolute atomic E-state index is 6.02. The molecule has 1 aromatic rings. The van der Waals surface area contributed by atoms with E-state index in [-0.39, 0.29) is 6.04 Å². The maximum atomic E-state index is 6.02. The monoisotopic (exact) mass is 209 g/mol. The zero-order chi connectivity index (χ0) is 11.3. The van der Waals surface area contributed by atoms with E-state index >= 15 is 0 Å². The van der Waals surface area contributed by atoms with Crippen LogP contribution in [-0.2, 0) is 13.0 Å². The van der Waals surface area contributed by atoms with E-state index in [1.165, 1.54) is 5.82 Å². The molecule has 1 unspecified atom stereocenters. The molecule has 15 heavy (non-hydrogen) atoms. The average molecular weight is 209 g/mol. The van der Waals surface area contributed by atoms with Crippen LogP contribution in [0.3, 0.4) is 0 Å². The van der Waals surface area contributed by atoms with Crippen molar-refractivity contribution in [2.75, 3.05) is 0 Å². The lowest BCUT2D eigenvalue weighted by Crippen LogP contribution is -2.27. The minimum atomic E-state index is 0.289. The Labute approximate surface area is 92.7 Å². The van der Waals surface area contributed by atoms with E-state index in [4.69, 9.17) is 5.73 Å². The quantitative estimate of drug-likeness (QED) is 0.780. The molecule has 0 aliphatic heterocycles. The Balaban J connectivity index is 2.46. The fourth-order valence-electron chi connectivity index (χ4n) is 1.64. The lowest BCUT2D eigenvalue weighted by molar-refractivity contribution is 0.455. The van der Waals surface area contributed by atoms with Crippen molar-refractivity contribution < 1.29 is 0 Å². The van der Waals surface area contributed by atoms with E-state index in [1.54, 1.807) is 0 Å². The summed E-state index contributed by atoms with van der Waals surface area (Å²) in [4.78, 5) is 4.37. The molecule has 3 nitrogen and oxygen atoms in total. The third-order valence-corrected chi connectivity index (χ3v) is 2.82. The Kier molecular flexibility index (Phi) is 4.82. The molecule has 1 atom stereocenters. The average Bonchev–Trinajstić information content (AvgIpc) is 2.62. The van der Waals surface area contributed by atoms with Gasteiger partial charge in [0.15, 0.2) is 0 Å². The van der Waals surface area contributed by atoms with Crippen LogP contribution in [0.2, 0.25) is 0 Å². The fourth-order valence-corrected chi connectivity index (χ4v) is 1.64. The number of rotatable bonds is 6. The molecular weight excluding hydrogens is 186 g/mol. The minimum Gasteiger partial charge on any atom is -0.335 e. The summed E-state index contributed by atoms with van der Waals surface area (Å²) in [5.74, 6) is 1.73. The van der Waals surface area contributed by atoms with Gasteiger partial charge in [-0.1, -0.05) is 20.8 Å². The highest BCUT2D eigenvalue weighted by Crippen LogP contribution is 2.08. The van der Waals surface area contributed by atoms with Crippen molar-refractivity contribution in [1.29, 1.82) is 0 Å². The van der Waals surface area contributed by atoms with Gasteiger partial charge in [0.2, 0.25) is 0 Å². The zero-order valence-corrected chi connectivity index (χ0v) is 10.1. The minimum absolute atomic E-state index is 0.289. The summed E-state index contributed by atoms with van der Waals surface area (Å²) in [6.45, 7) is 7.59. The van der Waals surface area contributed by atoms with E-state index in [0.717, 1.165) is 25.8 Å². The van der Waals surface area contributed by atoms with Gasteiger partial charge in [-0.2, -0.15) is 0 Å². The molecule has 0 aliphatic rings. The Bertz CT molecular complexity index is 278. The van der Waals surface area contributed by atoms with Crippen LogP contribution in [-0.4, -0.2) is 15.6 Å². The van der Waals surface area contributed by atoms with Crippen LogP contribution < -0.4 is 5.73 Å². The van der Waals surface area contributed by atoms with E-state index in [9.17, 15) is 0 Å². The summed E-state index contributed by atoms with van der Waals surface area (Å²) in [6, 6.07) is 0.289. The summed E-state index contributed by atoms with van der Waals surface area (Å²) in [5.41, 5.74) is 6.02. The first-order valence-electron chi connectivity index (χ1n) is 5.90. The molecule has 1 aromatic heterocycles. The van der Waals surface area contributed by atoms with E-state index in [2.05, 4.69) is 36.5 Å². The summed E-state index contributed by atoms with van der Waals surface area (Å²) in [5, 5.41) is 0. The molecule has 0 bridgehead atoms. The normalized spacial score (nSPS) is 13.4. The van der Waals surface area contributed by atoms with Gasteiger partial charge in [-0.05, 0) is 18.8 Å². The van der Waals surface area contributed by atoms with Crippen LogP contribution >= 0.6 is 0 Å². The van der Waals surface area contributed by atoms with Gasteiger partial charge in [0.05, 0.1) is 0 Å². The number of aromatic nitrogens is 2. The summed E-state index contributed by atoms with van der Waals surface area (Å²) in [6.07, 6.45) is 7.11. The molecule has 0 fully saturated rings. The predicted octanol–water partition coefficient (Wildman–Crippen LogP) is 2.21. The lowest BCUT2D eigenvalue weighted by atomic mass is 10.0. The first-order chi connectivity index (χ1) is 7.15. The Morgan fingerprint density at radius 1 is 1.47 bits per heavy atom. The second-order valence-electron chi connectivity index (χ2n) is 4.48. The van der Waals surface area contributed by atoms with Gasteiger partial charge < -0.3 is 10.3 Å². The van der Waals surface area contributed by atoms with Crippen molar-refractivity contribution in [3.8, 4) is 0 Å². The molecule has 1 heterocycles. The topological polar surface area (TPSA) is 43.8 Å². The molecule has 0 spiro atoms. The summed E-state index contributed by atoms with van der Waals surface area (Å²) < 4.78 is 2.23. The molecule has 0 aliphatic carbocycles. The van der Waals surface area contributed by atoms with Gasteiger partial charge in [-0.25, -0.2) is 4.98 Å². The Hall–Kier alpha value is -0.830. The molecule has 0 radical (unpaired) electrons. The van der Waals surface area contributed by atoms with Gasteiger partial charge in [0.25, 0.3) is 0 Å². The van der Waals surface area contributed by atoms with Crippen LogP contribution in [0, 0.1) is 5.92 Å². The Morgan fingerprint density at radius 2 is 2.20 bits per heavy atom. The van der Waals surface area contributed by atoms with Crippen molar-refractivity contribution in [2.45, 2.75) is 52.6 Å². The molecular formula is C12H23N3. The lowest BCUT2D eigenvalue weighted by Gasteiger charge is -2.15. The SMILES string of the molecule is CCCn1ccnc1CCC(N)C(C)C. The number of aryl methyl sites for hydroxylation is 2. The molecule has 86 valence electrons. The molecule has 0 saturated heterocycles. The maximum Gasteiger partial charge on any atom is 0.108 e. The summed E-state index contributed by atoms with van der Waals surface area (Å²) >= 11 is 0. The molecule has 3 heteroatoms. The first-order valence-corrected chi connectivity index (χ1v) is 5.90. The van der Waals surface area contributed by atoms with Crippen molar-refractivity contribution >= 4 is 0 Å². The number of hydrogen-bond acceptors (Lipinski definition) is 2. The summed E-state index contributed by atoms with van der Waals surface area (Å²) in [7, 11) is 0. The number of hydrogen-bond donors (Lipinski definition) is 1. The van der Waals surface area contributed by atoms with Crippen molar-refractivity contribution in [1.82, 2.24) is 9.55 Å². The fraction of sp³-hybridized carbons (Fsp3) is 0.750. The highest BCUT2D eigenvalue weighted by Gasteiger charge is 2.09. The van der Waals surface area contributed by atoms with E-state index < -0.39 is 0 Å². The van der Waals surface area contributed by atoms with E-state index in [0.29, 0.717) is 5.92 Å². The van der Waals surface area contributed by atoms with Crippen LogP contribution in [0.15, 0.2) is 12.4 Å². The Morgan fingerprint density at radius 3 is 2.80 bits per heavy atom. The van der Waals surface area contributed by atoms with Crippen LogP contribution in [0.5, 0.6) is 0 Å². The largest absolute Gasteiger partial charge is 0.335 e. The number of nitrogens with two attached hydrogens (primary N) is 1. The zero-order valence-electron chi connectivity index (χ0n) is 10.1. The van der Waals surface area contributed by atoms with Gasteiger partial charge in [0.1, 0.15) is 5.82 Å². The standard InChI is InChI=1S/C12H23N3/c1-4-8-15-9-7-14-12(15)6-5-11(13)10(2)3/h7,9-11H,4-6,8,13H2,1-3H3. The predicted molar refractivity (Wildman–Crippen MR) is 63.7 cm³/mol. The highest BCUT2D eigenvalue weighted by molar-refractivity contribution is 4.93. The molecule has 0 aromatic carbocycles. The van der Waals surface area contributed by atoms with Crippen LogP contribution in [0.25, 0.3) is 0 Å². The van der Waals surface area contributed by atoms with Crippen LogP contribution in [0.4, 0.5) is 0 Å². The highest BCUT2D eigenvalue weighted by atomic mass is 15.1.